The Hall–Kier alpha value is -2.12. The van der Waals surface area contributed by atoms with Gasteiger partial charge in [0.2, 0.25) is 0 Å². The number of nitrogens with zero attached hydrogens (tertiary/aromatic N) is 4. The highest BCUT2D eigenvalue weighted by Crippen LogP contribution is 2.32. The quantitative estimate of drug-likeness (QED) is 0.685. The molecule has 1 aromatic carbocycles. The zero-order valence-corrected chi connectivity index (χ0v) is 20.6. The Kier molecular flexibility index (Phi) is 6.85. The first kappa shape index (κ1) is 23.6. The van der Waals surface area contributed by atoms with Crippen LogP contribution in [-0.4, -0.2) is 64.1 Å². The molecule has 8 heteroatoms. The number of hydrogen-bond donors (Lipinski definition) is 1. The molecule has 2 aliphatic heterocycles. The number of piperidine rings is 2. The van der Waals surface area contributed by atoms with Crippen molar-refractivity contribution in [3.05, 3.63) is 45.7 Å². The first-order chi connectivity index (χ1) is 16.4. The number of halogens is 2. The number of benzene rings is 1. The van der Waals surface area contributed by atoms with E-state index in [2.05, 4.69) is 22.6 Å². The first-order valence-corrected chi connectivity index (χ1v) is 13.0. The van der Waals surface area contributed by atoms with Crippen molar-refractivity contribution in [3.8, 4) is 0 Å². The summed E-state index contributed by atoms with van der Waals surface area (Å²) in [4.78, 5) is 17.1. The van der Waals surface area contributed by atoms with E-state index in [0.717, 1.165) is 74.3 Å². The van der Waals surface area contributed by atoms with Gasteiger partial charge in [0.25, 0.3) is 5.91 Å². The predicted molar refractivity (Wildman–Crippen MR) is 131 cm³/mol. The predicted octanol–water partition coefficient (Wildman–Crippen LogP) is 4.19. The molecule has 184 valence electrons. The van der Waals surface area contributed by atoms with Gasteiger partial charge in [0.1, 0.15) is 6.17 Å². The lowest BCUT2D eigenvalue weighted by molar-refractivity contribution is 0.00795. The fraction of sp³-hybridized carbons (Fsp3) is 0.615. The van der Waals surface area contributed by atoms with E-state index in [1.54, 1.807) is 0 Å². The molecular weight excluding hydrogens is 455 g/mol. The molecule has 0 spiro atoms. The number of aryl methyl sites for hydroxylation is 1. The van der Waals surface area contributed by atoms with E-state index in [1.807, 2.05) is 12.1 Å². The number of likely N-dealkylation sites (tertiary alicyclic amines) is 1. The summed E-state index contributed by atoms with van der Waals surface area (Å²) >= 11 is 6.32. The van der Waals surface area contributed by atoms with Crippen molar-refractivity contribution in [1.29, 1.82) is 0 Å². The van der Waals surface area contributed by atoms with Gasteiger partial charge >= 0.3 is 0 Å². The highest BCUT2D eigenvalue weighted by atomic mass is 35.5. The smallest absolute Gasteiger partial charge is 0.274 e. The molecule has 34 heavy (non-hydrogen) atoms. The van der Waals surface area contributed by atoms with Crippen molar-refractivity contribution in [2.45, 2.75) is 70.7 Å². The Morgan fingerprint density at radius 1 is 1.21 bits per heavy atom. The lowest BCUT2D eigenvalue weighted by atomic mass is 9.93. The molecule has 0 radical (unpaired) electrons. The average Bonchev–Trinajstić information content (AvgIpc) is 3.45. The second-order valence-corrected chi connectivity index (χ2v) is 10.5. The van der Waals surface area contributed by atoms with Crippen LogP contribution < -0.4 is 4.90 Å². The average molecular weight is 489 g/mol. The maximum absolute atomic E-state index is 14.0. The number of carbonyl (C=O) groups is 1. The van der Waals surface area contributed by atoms with E-state index in [-0.39, 0.29) is 18.9 Å². The molecular formula is C26H34ClFN4O2. The molecule has 1 N–H and O–H groups in total. The van der Waals surface area contributed by atoms with E-state index >= 15 is 0 Å². The van der Waals surface area contributed by atoms with Gasteiger partial charge < -0.3 is 14.9 Å². The van der Waals surface area contributed by atoms with Gasteiger partial charge in [-0.05, 0) is 75.5 Å². The van der Waals surface area contributed by atoms with Gasteiger partial charge in [-0.1, -0.05) is 17.7 Å². The zero-order chi connectivity index (χ0) is 23.8. The minimum Gasteiger partial charge on any atom is -0.390 e. The molecule has 1 aliphatic carbocycles. The number of aliphatic hydroxyl groups excluding tert-OH is 1. The summed E-state index contributed by atoms with van der Waals surface area (Å²) in [6.07, 6.45) is 4.10. The van der Waals surface area contributed by atoms with Crippen LogP contribution in [0.1, 0.15) is 59.4 Å². The summed E-state index contributed by atoms with van der Waals surface area (Å²) in [6, 6.07) is 6.12. The Morgan fingerprint density at radius 3 is 2.76 bits per heavy atom. The van der Waals surface area contributed by atoms with Crippen molar-refractivity contribution in [2.24, 2.45) is 5.92 Å². The number of rotatable bonds is 5. The largest absolute Gasteiger partial charge is 0.390 e. The number of aromatic nitrogens is 2. The van der Waals surface area contributed by atoms with Gasteiger partial charge in [-0.3, -0.25) is 9.48 Å². The summed E-state index contributed by atoms with van der Waals surface area (Å²) in [6.45, 7) is 5.29. The first-order valence-electron chi connectivity index (χ1n) is 12.6. The highest BCUT2D eigenvalue weighted by molar-refractivity contribution is 6.31. The third-order valence-corrected chi connectivity index (χ3v) is 8.36. The fourth-order valence-electron chi connectivity index (χ4n) is 5.80. The molecule has 2 saturated heterocycles. The van der Waals surface area contributed by atoms with Crippen LogP contribution in [0.2, 0.25) is 5.02 Å². The van der Waals surface area contributed by atoms with Crippen LogP contribution in [-0.2, 0) is 19.4 Å². The summed E-state index contributed by atoms with van der Waals surface area (Å²) in [7, 11) is 0. The van der Waals surface area contributed by atoms with Gasteiger partial charge in [-0.15, -0.1) is 0 Å². The number of anilines is 1. The van der Waals surface area contributed by atoms with Crippen LogP contribution >= 0.6 is 11.6 Å². The number of amides is 1. The number of hydrogen-bond acceptors (Lipinski definition) is 4. The van der Waals surface area contributed by atoms with Gasteiger partial charge in [0.15, 0.2) is 5.69 Å². The Morgan fingerprint density at radius 2 is 2.00 bits per heavy atom. The molecule has 1 amide bonds. The molecule has 1 aromatic heterocycles. The summed E-state index contributed by atoms with van der Waals surface area (Å²) in [5.74, 6) is 0.448. The van der Waals surface area contributed by atoms with E-state index in [9.17, 15) is 14.3 Å². The van der Waals surface area contributed by atoms with Crippen molar-refractivity contribution < 1.29 is 14.3 Å². The molecule has 3 aliphatic rings. The lowest BCUT2D eigenvalue weighted by Gasteiger charge is -2.34. The van der Waals surface area contributed by atoms with Crippen LogP contribution in [0.4, 0.5) is 10.1 Å². The number of fused-ring (bicyclic) bond motifs is 1. The fourth-order valence-corrected chi connectivity index (χ4v) is 5.97. The summed E-state index contributed by atoms with van der Waals surface area (Å²) in [5.41, 5.74) is 5.12. The normalized spacial score (nSPS) is 23.4. The second kappa shape index (κ2) is 9.86. The summed E-state index contributed by atoms with van der Waals surface area (Å²) < 4.78 is 16.1. The van der Waals surface area contributed by atoms with E-state index in [1.165, 1.54) is 16.3 Å². The molecule has 0 saturated carbocycles. The van der Waals surface area contributed by atoms with Gasteiger partial charge in [-0.2, -0.15) is 5.10 Å². The maximum atomic E-state index is 14.0. The molecule has 3 heterocycles. The molecule has 2 fully saturated rings. The van der Waals surface area contributed by atoms with Crippen molar-refractivity contribution in [1.82, 2.24) is 14.7 Å². The third kappa shape index (κ3) is 4.57. The molecule has 2 aromatic rings. The van der Waals surface area contributed by atoms with Crippen molar-refractivity contribution in [3.63, 3.8) is 0 Å². The monoisotopic (exact) mass is 488 g/mol. The third-order valence-electron chi connectivity index (χ3n) is 7.95. The number of alkyl halides is 1. The summed E-state index contributed by atoms with van der Waals surface area (Å²) in [5, 5.41) is 15.2. The molecule has 6 nitrogen and oxygen atoms in total. The van der Waals surface area contributed by atoms with Gasteiger partial charge in [0.05, 0.1) is 12.6 Å². The zero-order valence-electron chi connectivity index (χ0n) is 19.8. The van der Waals surface area contributed by atoms with Crippen LogP contribution in [0.25, 0.3) is 0 Å². The van der Waals surface area contributed by atoms with E-state index in [0.29, 0.717) is 18.2 Å². The van der Waals surface area contributed by atoms with Crippen LogP contribution in [0, 0.1) is 12.8 Å². The minimum atomic E-state index is -1.38. The molecule has 5 rings (SSSR count). The molecule has 0 bridgehead atoms. The van der Waals surface area contributed by atoms with Crippen LogP contribution in [0.3, 0.4) is 0 Å². The molecule has 2 atom stereocenters. The Bertz CT molecular complexity index is 1050. The van der Waals surface area contributed by atoms with Crippen molar-refractivity contribution in [2.75, 3.05) is 31.1 Å². The van der Waals surface area contributed by atoms with Crippen LogP contribution in [0.5, 0.6) is 0 Å². The second-order valence-electron chi connectivity index (χ2n) is 10.1. The SMILES string of the molecule is Cc1c(Cl)cccc1N1CCC(CCn2nc(C(=O)N3CCC(O)C(F)C3)c3c2CCC3)CC1. The Labute approximate surface area is 205 Å². The topological polar surface area (TPSA) is 61.6 Å². The van der Waals surface area contributed by atoms with Crippen molar-refractivity contribution >= 4 is 23.2 Å². The van der Waals surface area contributed by atoms with E-state index in [4.69, 9.17) is 16.7 Å². The molecule has 2 unspecified atom stereocenters. The minimum absolute atomic E-state index is 0.0493. The lowest BCUT2D eigenvalue weighted by Crippen LogP contribution is -2.47. The highest BCUT2D eigenvalue weighted by Gasteiger charge is 2.34. The number of aliphatic hydroxyl groups is 1. The van der Waals surface area contributed by atoms with Gasteiger partial charge in [0, 0.05) is 48.1 Å². The Balaban J connectivity index is 1.21. The van der Waals surface area contributed by atoms with E-state index < -0.39 is 12.3 Å². The van der Waals surface area contributed by atoms with Gasteiger partial charge in [-0.25, -0.2) is 4.39 Å². The number of carbonyl (C=O) groups excluding carboxylic acids is 1. The standard InChI is InChI=1S/C26H34ClFN4O2/c1-17-20(27)5-3-6-22(17)30-12-8-18(9-13-30)10-15-32-23-7-2-4-19(23)25(29-32)26(34)31-14-11-24(33)21(28)16-31/h3,5-6,18,21,24,33H,2,4,7-16H2,1H3. The van der Waals surface area contributed by atoms with Crippen LogP contribution in [0.15, 0.2) is 18.2 Å². The maximum Gasteiger partial charge on any atom is 0.274 e.